The number of benzene rings is 2. The van der Waals surface area contributed by atoms with Crippen LogP contribution in [0, 0.1) is 0 Å². The Kier molecular flexibility index (Phi) is 4.84. The molecule has 1 aliphatic heterocycles. The van der Waals surface area contributed by atoms with Crippen molar-refractivity contribution >= 4 is 17.5 Å². The lowest BCUT2D eigenvalue weighted by Gasteiger charge is -2.13. The molecule has 0 unspecified atom stereocenters. The third kappa shape index (κ3) is 3.84. The Morgan fingerprint density at radius 3 is 2.96 bits per heavy atom. The van der Waals surface area contributed by atoms with Gasteiger partial charge in [0.15, 0.2) is 0 Å². The summed E-state index contributed by atoms with van der Waals surface area (Å²) in [5, 5.41) is 13.6. The summed E-state index contributed by atoms with van der Waals surface area (Å²) in [5.41, 5.74) is 2.66. The normalized spacial score (nSPS) is 14.0. The number of carbonyl (C=O) groups excluding carboxylic acids is 1. The molecule has 3 rings (SSSR count). The number of ether oxygens (including phenoxy) is 1. The number of hydrogen-bond acceptors (Lipinski definition) is 3. The molecule has 2 N–H and O–H groups in total. The van der Waals surface area contributed by atoms with Crippen molar-refractivity contribution in [1.29, 1.82) is 0 Å². The van der Waals surface area contributed by atoms with E-state index < -0.39 is 6.10 Å². The van der Waals surface area contributed by atoms with Gasteiger partial charge in [-0.1, -0.05) is 35.9 Å². The van der Waals surface area contributed by atoms with E-state index in [1.54, 1.807) is 6.07 Å². The van der Waals surface area contributed by atoms with Crippen LogP contribution in [0.1, 0.15) is 22.8 Å². The molecule has 0 radical (unpaired) electrons. The van der Waals surface area contributed by atoms with Crippen LogP contribution in [0.3, 0.4) is 0 Å². The Labute approximate surface area is 140 Å². The van der Waals surface area contributed by atoms with Gasteiger partial charge in [0.25, 0.3) is 0 Å². The highest BCUT2D eigenvalue weighted by Gasteiger charge is 2.16. The van der Waals surface area contributed by atoms with Crippen LogP contribution >= 0.6 is 11.6 Å². The van der Waals surface area contributed by atoms with Crippen LogP contribution in [0.5, 0.6) is 5.75 Å². The van der Waals surface area contributed by atoms with Crippen molar-refractivity contribution < 1.29 is 14.6 Å². The van der Waals surface area contributed by atoms with Gasteiger partial charge in [-0.25, -0.2) is 0 Å². The lowest BCUT2D eigenvalue weighted by atomic mass is 10.0. The molecule has 0 fully saturated rings. The van der Waals surface area contributed by atoms with E-state index >= 15 is 0 Å². The van der Waals surface area contributed by atoms with Crippen molar-refractivity contribution in [2.45, 2.75) is 18.9 Å². The second-order valence-electron chi connectivity index (χ2n) is 5.55. The summed E-state index contributed by atoms with van der Waals surface area (Å²) < 4.78 is 5.45. The molecule has 2 aromatic carbocycles. The third-order valence-corrected chi connectivity index (χ3v) is 4.27. The Hall–Kier alpha value is -2.04. The van der Waals surface area contributed by atoms with Gasteiger partial charge in [-0.05, 0) is 34.9 Å². The van der Waals surface area contributed by atoms with E-state index in [9.17, 15) is 9.90 Å². The van der Waals surface area contributed by atoms with Crippen LogP contribution in [-0.4, -0.2) is 24.2 Å². The van der Waals surface area contributed by atoms with E-state index in [2.05, 4.69) is 5.32 Å². The highest BCUT2D eigenvalue weighted by molar-refractivity contribution is 6.31. The summed E-state index contributed by atoms with van der Waals surface area (Å²) in [6, 6.07) is 12.9. The van der Waals surface area contributed by atoms with Crippen molar-refractivity contribution in [3.8, 4) is 5.75 Å². The highest BCUT2D eigenvalue weighted by Crippen LogP contribution is 2.28. The van der Waals surface area contributed by atoms with E-state index in [0.29, 0.717) is 11.6 Å². The predicted molar refractivity (Wildman–Crippen MR) is 88.8 cm³/mol. The summed E-state index contributed by atoms with van der Waals surface area (Å²) in [6.07, 6.45) is 0.315. The monoisotopic (exact) mass is 331 g/mol. The van der Waals surface area contributed by atoms with Gasteiger partial charge in [0.05, 0.1) is 19.1 Å². The van der Waals surface area contributed by atoms with Gasteiger partial charge in [-0.15, -0.1) is 0 Å². The molecule has 0 saturated carbocycles. The number of fused-ring (bicyclic) bond motifs is 1. The number of amides is 1. The Balaban J connectivity index is 1.55. The summed E-state index contributed by atoms with van der Waals surface area (Å²) in [5.74, 6) is 0.713. The van der Waals surface area contributed by atoms with Gasteiger partial charge in [-0.2, -0.15) is 0 Å². The molecule has 0 aliphatic carbocycles. The number of aliphatic hydroxyl groups excluding tert-OH is 1. The van der Waals surface area contributed by atoms with Crippen molar-refractivity contribution in [2.24, 2.45) is 0 Å². The Morgan fingerprint density at radius 1 is 1.30 bits per heavy atom. The molecule has 0 aromatic heterocycles. The Bertz CT molecular complexity index is 717. The largest absolute Gasteiger partial charge is 0.493 e. The molecule has 1 atom stereocenters. The maximum atomic E-state index is 12.0. The molecule has 23 heavy (non-hydrogen) atoms. The quantitative estimate of drug-likeness (QED) is 0.885. The summed E-state index contributed by atoms with van der Waals surface area (Å²) >= 11 is 6.04. The molecule has 4 nitrogen and oxygen atoms in total. The zero-order chi connectivity index (χ0) is 16.2. The number of carbonyl (C=O) groups is 1. The van der Waals surface area contributed by atoms with Crippen LogP contribution in [0.2, 0.25) is 5.02 Å². The molecule has 0 saturated heterocycles. The van der Waals surface area contributed by atoms with Gasteiger partial charge < -0.3 is 15.2 Å². The highest BCUT2D eigenvalue weighted by atomic mass is 35.5. The van der Waals surface area contributed by atoms with Gasteiger partial charge >= 0.3 is 0 Å². The SMILES string of the molecule is O=C(Cc1ccccc1Cl)NC[C@H](O)c1ccc2c(c1)CCO2. The zero-order valence-electron chi connectivity index (χ0n) is 12.6. The second-order valence-corrected chi connectivity index (χ2v) is 5.96. The van der Waals surface area contributed by atoms with Crippen molar-refractivity contribution in [3.63, 3.8) is 0 Å². The van der Waals surface area contributed by atoms with E-state index in [1.165, 1.54) is 0 Å². The first-order valence-corrected chi connectivity index (χ1v) is 7.95. The first-order chi connectivity index (χ1) is 11.1. The van der Waals surface area contributed by atoms with Crippen molar-refractivity contribution in [2.75, 3.05) is 13.2 Å². The minimum absolute atomic E-state index is 0.165. The van der Waals surface area contributed by atoms with E-state index in [4.69, 9.17) is 16.3 Å². The molecule has 1 aliphatic rings. The number of nitrogens with one attached hydrogen (secondary N) is 1. The first-order valence-electron chi connectivity index (χ1n) is 7.57. The molecule has 0 spiro atoms. The molecule has 5 heteroatoms. The average molecular weight is 332 g/mol. The number of hydrogen-bond donors (Lipinski definition) is 2. The smallest absolute Gasteiger partial charge is 0.224 e. The topological polar surface area (TPSA) is 58.6 Å². The molecule has 120 valence electrons. The number of aliphatic hydroxyl groups is 1. The second kappa shape index (κ2) is 7.02. The van der Waals surface area contributed by atoms with Crippen LogP contribution in [0.4, 0.5) is 0 Å². The fraction of sp³-hybridized carbons (Fsp3) is 0.278. The standard InChI is InChI=1S/C18H18ClNO3/c19-15-4-2-1-3-12(15)10-18(22)20-11-16(21)13-5-6-17-14(9-13)7-8-23-17/h1-6,9,16,21H,7-8,10-11H2,(H,20,22)/t16-/m0/s1. The summed E-state index contributed by atoms with van der Waals surface area (Å²) in [4.78, 5) is 12.0. The first kappa shape index (κ1) is 15.8. The number of halogens is 1. The lowest BCUT2D eigenvalue weighted by molar-refractivity contribution is -0.120. The van der Waals surface area contributed by atoms with Crippen LogP contribution in [0.15, 0.2) is 42.5 Å². The molecular weight excluding hydrogens is 314 g/mol. The van der Waals surface area contributed by atoms with Gasteiger partial charge in [0, 0.05) is 18.0 Å². The van der Waals surface area contributed by atoms with Gasteiger partial charge in [0.2, 0.25) is 5.91 Å². The molecule has 2 aromatic rings. The van der Waals surface area contributed by atoms with Crippen molar-refractivity contribution in [1.82, 2.24) is 5.32 Å². The third-order valence-electron chi connectivity index (χ3n) is 3.90. The fourth-order valence-electron chi connectivity index (χ4n) is 2.62. The number of rotatable bonds is 5. The van der Waals surface area contributed by atoms with Crippen LogP contribution in [-0.2, 0) is 17.6 Å². The van der Waals surface area contributed by atoms with Gasteiger partial charge in [0.1, 0.15) is 5.75 Å². The zero-order valence-corrected chi connectivity index (χ0v) is 13.3. The maximum absolute atomic E-state index is 12.0. The lowest BCUT2D eigenvalue weighted by Crippen LogP contribution is -2.29. The minimum atomic E-state index is -0.740. The van der Waals surface area contributed by atoms with Crippen LogP contribution in [0.25, 0.3) is 0 Å². The summed E-state index contributed by atoms with van der Waals surface area (Å²) in [7, 11) is 0. The minimum Gasteiger partial charge on any atom is -0.493 e. The van der Waals surface area contributed by atoms with E-state index in [0.717, 1.165) is 28.9 Å². The van der Waals surface area contributed by atoms with Crippen LogP contribution < -0.4 is 10.1 Å². The van der Waals surface area contributed by atoms with E-state index in [-0.39, 0.29) is 18.9 Å². The molecular formula is C18H18ClNO3. The summed E-state index contributed by atoms with van der Waals surface area (Å²) in [6.45, 7) is 0.854. The molecule has 1 heterocycles. The molecule has 0 bridgehead atoms. The maximum Gasteiger partial charge on any atom is 0.224 e. The van der Waals surface area contributed by atoms with Crippen molar-refractivity contribution in [3.05, 3.63) is 64.2 Å². The Morgan fingerprint density at radius 2 is 2.13 bits per heavy atom. The predicted octanol–water partition coefficient (Wildman–Crippen LogP) is 2.67. The molecule has 1 amide bonds. The van der Waals surface area contributed by atoms with Gasteiger partial charge in [-0.3, -0.25) is 4.79 Å². The average Bonchev–Trinajstić information content (AvgIpc) is 3.02. The van der Waals surface area contributed by atoms with E-state index in [1.807, 2.05) is 36.4 Å². The fourth-order valence-corrected chi connectivity index (χ4v) is 2.82.